The Morgan fingerprint density at radius 2 is 1.76 bits per heavy atom. The highest BCUT2D eigenvalue weighted by atomic mass is 79.9. The first kappa shape index (κ1) is 19.3. The lowest BCUT2D eigenvalue weighted by Crippen LogP contribution is -2.13. The number of fused-ring (bicyclic) bond motifs is 1. The minimum absolute atomic E-state index is 0.153. The van der Waals surface area contributed by atoms with Gasteiger partial charge in [0, 0.05) is 15.4 Å². The first-order chi connectivity index (χ1) is 14.0. The van der Waals surface area contributed by atoms with Crippen LogP contribution in [-0.2, 0) is 6.42 Å². The second-order valence-corrected chi connectivity index (χ2v) is 7.91. The molecule has 0 unspecified atom stereocenters. The maximum atomic E-state index is 13.2. The SMILES string of the molecule is CCc1ccc(-c2cc(C(=O)Nc3ccc(C)cc3Br)c3ccccc3n2)cc1. The van der Waals surface area contributed by atoms with Crippen molar-refractivity contribution in [3.8, 4) is 11.3 Å². The number of aromatic nitrogens is 1. The van der Waals surface area contributed by atoms with Crippen molar-refractivity contribution < 1.29 is 4.79 Å². The second kappa shape index (κ2) is 8.18. The van der Waals surface area contributed by atoms with Gasteiger partial charge >= 0.3 is 0 Å². The Labute approximate surface area is 178 Å². The zero-order valence-corrected chi connectivity index (χ0v) is 18.0. The number of aryl methyl sites for hydroxylation is 2. The molecule has 4 aromatic rings. The molecular weight excluding hydrogens is 424 g/mol. The minimum Gasteiger partial charge on any atom is -0.321 e. The summed E-state index contributed by atoms with van der Waals surface area (Å²) < 4.78 is 0.861. The number of amides is 1. The highest BCUT2D eigenvalue weighted by Gasteiger charge is 2.15. The van der Waals surface area contributed by atoms with Crippen molar-refractivity contribution in [3.05, 3.63) is 94.0 Å². The van der Waals surface area contributed by atoms with Gasteiger partial charge in [0.2, 0.25) is 0 Å². The number of hydrogen-bond donors (Lipinski definition) is 1. The van der Waals surface area contributed by atoms with E-state index in [9.17, 15) is 4.79 Å². The molecule has 0 saturated carbocycles. The summed E-state index contributed by atoms with van der Waals surface area (Å²) in [7, 11) is 0. The summed E-state index contributed by atoms with van der Waals surface area (Å²) in [5, 5.41) is 3.86. The van der Waals surface area contributed by atoms with Crippen LogP contribution >= 0.6 is 15.9 Å². The maximum absolute atomic E-state index is 13.2. The van der Waals surface area contributed by atoms with E-state index in [1.54, 1.807) is 0 Å². The fraction of sp³-hybridized carbons (Fsp3) is 0.120. The number of rotatable bonds is 4. The second-order valence-electron chi connectivity index (χ2n) is 7.06. The average Bonchev–Trinajstić information content (AvgIpc) is 2.75. The van der Waals surface area contributed by atoms with Crippen LogP contribution in [0.5, 0.6) is 0 Å². The first-order valence-corrected chi connectivity index (χ1v) is 10.4. The van der Waals surface area contributed by atoms with E-state index in [4.69, 9.17) is 4.98 Å². The largest absolute Gasteiger partial charge is 0.321 e. The molecule has 3 aromatic carbocycles. The number of anilines is 1. The van der Waals surface area contributed by atoms with Crippen LogP contribution in [0.15, 0.2) is 77.3 Å². The van der Waals surface area contributed by atoms with Crippen LogP contribution in [-0.4, -0.2) is 10.9 Å². The quantitative estimate of drug-likeness (QED) is 0.376. The molecule has 0 bridgehead atoms. The van der Waals surface area contributed by atoms with Gasteiger partial charge in [-0.1, -0.05) is 55.5 Å². The number of halogens is 1. The number of hydrogen-bond acceptors (Lipinski definition) is 2. The van der Waals surface area contributed by atoms with Crippen LogP contribution in [0.25, 0.3) is 22.2 Å². The van der Waals surface area contributed by atoms with Gasteiger partial charge in [-0.15, -0.1) is 0 Å². The molecule has 144 valence electrons. The van der Waals surface area contributed by atoms with Crippen molar-refractivity contribution in [1.29, 1.82) is 0 Å². The van der Waals surface area contributed by atoms with Gasteiger partial charge in [0.15, 0.2) is 0 Å². The molecule has 4 heteroatoms. The van der Waals surface area contributed by atoms with Crippen LogP contribution in [0.3, 0.4) is 0 Å². The number of para-hydroxylation sites is 1. The predicted molar refractivity (Wildman–Crippen MR) is 123 cm³/mol. The third-order valence-electron chi connectivity index (χ3n) is 4.99. The topological polar surface area (TPSA) is 42.0 Å². The van der Waals surface area contributed by atoms with E-state index >= 15 is 0 Å². The predicted octanol–water partition coefficient (Wildman–Crippen LogP) is 6.79. The summed E-state index contributed by atoms with van der Waals surface area (Å²) >= 11 is 3.54. The summed E-state index contributed by atoms with van der Waals surface area (Å²) in [5.41, 5.74) is 6.35. The van der Waals surface area contributed by atoms with Crippen LogP contribution in [0.4, 0.5) is 5.69 Å². The van der Waals surface area contributed by atoms with E-state index in [2.05, 4.69) is 52.4 Å². The van der Waals surface area contributed by atoms with Crippen LogP contribution < -0.4 is 5.32 Å². The van der Waals surface area contributed by atoms with Crippen molar-refractivity contribution in [2.24, 2.45) is 0 Å². The molecule has 1 amide bonds. The number of nitrogens with zero attached hydrogens (tertiary/aromatic N) is 1. The van der Waals surface area contributed by atoms with Gasteiger partial charge < -0.3 is 5.32 Å². The third-order valence-corrected chi connectivity index (χ3v) is 5.65. The molecule has 0 atom stereocenters. The number of benzene rings is 3. The summed E-state index contributed by atoms with van der Waals surface area (Å²) in [6.45, 7) is 4.15. The van der Waals surface area contributed by atoms with Crippen molar-refractivity contribution in [2.75, 3.05) is 5.32 Å². The Morgan fingerprint density at radius 3 is 2.48 bits per heavy atom. The molecule has 0 spiro atoms. The number of pyridine rings is 1. The minimum atomic E-state index is -0.153. The fourth-order valence-electron chi connectivity index (χ4n) is 3.33. The van der Waals surface area contributed by atoms with E-state index in [0.717, 1.165) is 44.3 Å². The summed E-state index contributed by atoms with van der Waals surface area (Å²) in [4.78, 5) is 18.0. The molecule has 3 nitrogen and oxygen atoms in total. The molecule has 1 aromatic heterocycles. The highest BCUT2D eigenvalue weighted by Crippen LogP contribution is 2.28. The number of nitrogens with one attached hydrogen (secondary N) is 1. The van der Waals surface area contributed by atoms with Gasteiger partial charge in [-0.3, -0.25) is 4.79 Å². The summed E-state index contributed by atoms with van der Waals surface area (Å²) in [5.74, 6) is -0.153. The lowest BCUT2D eigenvalue weighted by atomic mass is 10.0. The molecule has 1 heterocycles. The molecule has 0 aliphatic carbocycles. The molecule has 0 radical (unpaired) electrons. The number of carbonyl (C=O) groups is 1. The Bertz CT molecular complexity index is 1200. The van der Waals surface area contributed by atoms with Crippen molar-refractivity contribution in [2.45, 2.75) is 20.3 Å². The zero-order valence-electron chi connectivity index (χ0n) is 16.4. The molecule has 4 rings (SSSR count). The standard InChI is InChI=1S/C25H21BrN2O/c1-3-17-9-11-18(12-10-17)24-15-20(19-6-4-5-7-22(19)27-24)25(29)28-23-13-8-16(2)14-21(23)26/h4-15H,3H2,1-2H3,(H,28,29). The van der Waals surface area contributed by atoms with E-state index in [-0.39, 0.29) is 5.91 Å². The van der Waals surface area contributed by atoms with Gasteiger partial charge in [0.1, 0.15) is 0 Å². The third kappa shape index (κ3) is 4.08. The normalized spacial score (nSPS) is 10.9. The lowest BCUT2D eigenvalue weighted by molar-refractivity contribution is 0.102. The van der Waals surface area contributed by atoms with Crippen molar-refractivity contribution >= 4 is 38.4 Å². The molecule has 1 N–H and O–H groups in total. The van der Waals surface area contributed by atoms with Crippen LogP contribution in [0.1, 0.15) is 28.4 Å². The Kier molecular flexibility index (Phi) is 5.45. The molecule has 0 aliphatic heterocycles. The van der Waals surface area contributed by atoms with Gasteiger partial charge in [-0.05, 0) is 64.7 Å². The molecule has 29 heavy (non-hydrogen) atoms. The Balaban J connectivity index is 1.78. The first-order valence-electron chi connectivity index (χ1n) is 9.62. The zero-order chi connectivity index (χ0) is 20.4. The van der Waals surface area contributed by atoms with Crippen LogP contribution in [0, 0.1) is 6.92 Å². The van der Waals surface area contributed by atoms with Gasteiger partial charge in [0.25, 0.3) is 5.91 Å². The smallest absolute Gasteiger partial charge is 0.256 e. The van der Waals surface area contributed by atoms with E-state index in [1.165, 1.54) is 5.56 Å². The van der Waals surface area contributed by atoms with E-state index in [1.807, 2.05) is 55.5 Å². The number of carbonyl (C=O) groups excluding carboxylic acids is 1. The summed E-state index contributed by atoms with van der Waals surface area (Å²) in [6, 6.07) is 23.8. The maximum Gasteiger partial charge on any atom is 0.256 e. The highest BCUT2D eigenvalue weighted by molar-refractivity contribution is 9.10. The monoisotopic (exact) mass is 444 g/mol. The molecule has 0 fully saturated rings. The Hall–Kier alpha value is -2.98. The van der Waals surface area contributed by atoms with E-state index < -0.39 is 0 Å². The van der Waals surface area contributed by atoms with Gasteiger partial charge in [0.05, 0.1) is 22.5 Å². The van der Waals surface area contributed by atoms with E-state index in [0.29, 0.717) is 5.56 Å². The Morgan fingerprint density at radius 1 is 1.00 bits per heavy atom. The summed E-state index contributed by atoms with van der Waals surface area (Å²) in [6.07, 6.45) is 0.991. The van der Waals surface area contributed by atoms with Crippen molar-refractivity contribution in [1.82, 2.24) is 4.98 Å². The van der Waals surface area contributed by atoms with Crippen molar-refractivity contribution in [3.63, 3.8) is 0 Å². The van der Waals surface area contributed by atoms with Gasteiger partial charge in [-0.2, -0.15) is 0 Å². The van der Waals surface area contributed by atoms with Gasteiger partial charge in [-0.25, -0.2) is 4.98 Å². The average molecular weight is 445 g/mol. The molecule has 0 saturated heterocycles. The molecule has 0 aliphatic rings. The molecular formula is C25H21BrN2O. The lowest BCUT2D eigenvalue weighted by Gasteiger charge is -2.12. The fourth-order valence-corrected chi connectivity index (χ4v) is 3.93. The van der Waals surface area contributed by atoms with Crippen LogP contribution in [0.2, 0.25) is 0 Å².